The Morgan fingerprint density at radius 2 is 2.00 bits per heavy atom. The van der Waals surface area contributed by atoms with E-state index in [2.05, 4.69) is 37.9 Å². The van der Waals surface area contributed by atoms with Gasteiger partial charge in [-0.15, -0.1) is 0 Å². The Bertz CT molecular complexity index is 1320. The van der Waals surface area contributed by atoms with Gasteiger partial charge >= 0.3 is 6.03 Å². The van der Waals surface area contributed by atoms with E-state index in [0.29, 0.717) is 35.8 Å². The molecule has 1 aromatic carbocycles. The van der Waals surface area contributed by atoms with Crippen LogP contribution in [0.3, 0.4) is 0 Å². The van der Waals surface area contributed by atoms with Gasteiger partial charge in [0.25, 0.3) is 0 Å². The van der Waals surface area contributed by atoms with Gasteiger partial charge in [0, 0.05) is 36.4 Å². The second-order valence-corrected chi connectivity index (χ2v) is 8.15. The second-order valence-electron chi connectivity index (χ2n) is 7.80. The number of rotatable bonds is 6. The van der Waals surface area contributed by atoms with Crippen LogP contribution in [-0.4, -0.2) is 37.1 Å². The van der Waals surface area contributed by atoms with E-state index in [1.807, 2.05) is 6.08 Å². The Kier molecular flexibility index (Phi) is 5.72. The Labute approximate surface area is 200 Å². The highest BCUT2D eigenvalue weighted by molar-refractivity contribution is 6.32. The van der Waals surface area contributed by atoms with Gasteiger partial charge in [-0.1, -0.05) is 23.8 Å². The van der Waals surface area contributed by atoms with Gasteiger partial charge in [0.15, 0.2) is 11.0 Å². The molecule has 10 nitrogen and oxygen atoms in total. The number of halogens is 1. The van der Waals surface area contributed by atoms with E-state index in [0.717, 1.165) is 24.1 Å². The lowest BCUT2D eigenvalue weighted by molar-refractivity contribution is -0.105. The van der Waals surface area contributed by atoms with E-state index >= 15 is 0 Å². The molecule has 2 aromatic heterocycles. The molecular formula is C23H21ClN8O2. The fraction of sp³-hybridized carbons (Fsp3) is 0.174. The summed E-state index contributed by atoms with van der Waals surface area (Å²) in [6.45, 7) is 0.347. The van der Waals surface area contributed by atoms with Crippen LogP contribution in [0.2, 0.25) is 5.15 Å². The number of aryl methyl sites for hydroxylation is 1. The summed E-state index contributed by atoms with van der Waals surface area (Å²) in [6, 6.07) is 6.74. The molecule has 3 aromatic rings. The normalized spacial score (nSPS) is 15.1. The first-order chi connectivity index (χ1) is 16.5. The summed E-state index contributed by atoms with van der Waals surface area (Å²) < 4.78 is 1.58. The lowest BCUT2D eigenvalue weighted by atomic mass is 10.1. The third-order valence-electron chi connectivity index (χ3n) is 5.47. The molecule has 1 aliphatic carbocycles. The van der Waals surface area contributed by atoms with E-state index in [1.165, 1.54) is 0 Å². The summed E-state index contributed by atoms with van der Waals surface area (Å²) in [6.07, 6.45) is 11.9. The van der Waals surface area contributed by atoms with Gasteiger partial charge in [0.2, 0.25) is 12.4 Å². The smallest absolute Gasteiger partial charge is 0.329 e. The van der Waals surface area contributed by atoms with Crippen molar-refractivity contribution < 1.29 is 9.59 Å². The molecule has 172 valence electrons. The van der Waals surface area contributed by atoms with Gasteiger partial charge in [-0.05, 0) is 43.2 Å². The number of aromatic nitrogens is 4. The van der Waals surface area contributed by atoms with Crippen LogP contribution < -0.4 is 15.5 Å². The summed E-state index contributed by atoms with van der Waals surface area (Å²) in [5.41, 5.74) is 3.42. The summed E-state index contributed by atoms with van der Waals surface area (Å²) in [7, 11) is 1.76. The van der Waals surface area contributed by atoms with E-state index < -0.39 is 0 Å². The van der Waals surface area contributed by atoms with E-state index in [4.69, 9.17) is 11.6 Å². The quantitative estimate of drug-likeness (QED) is 0.508. The number of amides is 3. The van der Waals surface area contributed by atoms with E-state index in [-0.39, 0.29) is 17.1 Å². The highest BCUT2D eigenvalue weighted by atomic mass is 35.5. The zero-order valence-corrected chi connectivity index (χ0v) is 19.0. The van der Waals surface area contributed by atoms with Crippen LogP contribution in [0.5, 0.6) is 0 Å². The molecule has 5 rings (SSSR count). The van der Waals surface area contributed by atoms with Crippen molar-refractivity contribution in [3.63, 3.8) is 0 Å². The number of nitrogens with zero attached hydrogens (tertiary/aromatic N) is 6. The third kappa shape index (κ3) is 4.11. The second kappa shape index (κ2) is 8.99. The van der Waals surface area contributed by atoms with Crippen LogP contribution in [0.15, 0.2) is 60.6 Å². The van der Waals surface area contributed by atoms with Crippen LogP contribution in [0.4, 0.5) is 33.6 Å². The number of benzene rings is 1. The summed E-state index contributed by atoms with van der Waals surface area (Å²) in [5.74, 6) is 0.756. The molecule has 0 radical (unpaired) electrons. The SMILES string of the molecule is Cn1cc(Nc2ncc3c(n2)N(c2ccc(NC=O)cc2)C(=O)N(C2=CCCC=C2)C3)c(Cl)n1. The number of hydrogen-bond donors (Lipinski definition) is 2. The number of hydrogen-bond acceptors (Lipinski definition) is 6. The summed E-state index contributed by atoms with van der Waals surface area (Å²) >= 11 is 6.17. The Morgan fingerprint density at radius 3 is 2.68 bits per heavy atom. The molecule has 3 heterocycles. The maximum Gasteiger partial charge on any atom is 0.335 e. The molecular weight excluding hydrogens is 456 g/mol. The minimum Gasteiger partial charge on any atom is -0.329 e. The van der Waals surface area contributed by atoms with Crippen LogP contribution in [0.1, 0.15) is 18.4 Å². The van der Waals surface area contributed by atoms with Crippen molar-refractivity contribution in [3.05, 3.63) is 71.3 Å². The van der Waals surface area contributed by atoms with Gasteiger partial charge in [-0.25, -0.2) is 14.7 Å². The Hall–Kier alpha value is -4.18. The molecule has 0 spiro atoms. The molecule has 0 unspecified atom stereocenters. The standard InChI is InChI=1S/C23H21ClN8O2/c1-30-13-19(20(24)29-30)27-22-25-11-15-12-31(17-5-3-2-4-6-17)23(34)32(21(15)28-22)18-9-7-16(8-10-18)26-14-33/h3,5-11,13-14H,2,4,12H2,1H3,(H,26,33)(H,25,27,28). The van der Waals surface area contributed by atoms with Gasteiger partial charge in [-0.2, -0.15) is 10.1 Å². The maximum atomic E-state index is 13.7. The van der Waals surface area contributed by atoms with Gasteiger partial charge < -0.3 is 10.6 Å². The maximum absolute atomic E-state index is 13.7. The van der Waals surface area contributed by atoms with Crippen molar-refractivity contribution in [2.24, 2.45) is 7.05 Å². The van der Waals surface area contributed by atoms with E-state index in [9.17, 15) is 9.59 Å². The number of allylic oxidation sites excluding steroid dienone is 3. The van der Waals surface area contributed by atoms with E-state index in [1.54, 1.807) is 58.2 Å². The van der Waals surface area contributed by atoms with Crippen molar-refractivity contribution in [3.8, 4) is 0 Å². The van der Waals surface area contributed by atoms with Crippen molar-refractivity contribution in [2.75, 3.05) is 15.5 Å². The summed E-state index contributed by atoms with van der Waals surface area (Å²) in [5, 5.41) is 10.1. The average molecular weight is 477 g/mol. The predicted octanol–water partition coefficient (Wildman–Crippen LogP) is 4.48. The molecule has 34 heavy (non-hydrogen) atoms. The van der Waals surface area contributed by atoms with Crippen molar-refractivity contribution >= 4 is 52.9 Å². The van der Waals surface area contributed by atoms with Crippen LogP contribution in [-0.2, 0) is 18.4 Å². The predicted molar refractivity (Wildman–Crippen MR) is 129 cm³/mol. The first-order valence-electron chi connectivity index (χ1n) is 10.6. The minimum absolute atomic E-state index is 0.231. The average Bonchev–Trinajstić information content (AvgIpc) is 3.16. The van der Waals surface area contributed by atoms with Crippen LogP contribution in [0.25, 0.3) is 0 Å². The third-order valence-corrected chi connectivity index (χ3v) is 5.75. The van der Waals surface area contributed by atoms with Crippen LogP contribution >= 0.6 is 11.6 Å². The monoisotopic (exact) mass is 476 g/mol. The topological polar surface area (TPSA) is 108 Å². The molecule has 0 atom stereocenters. The first kappa shape index (κ1) is 21.7. The molecule has 2 N–H and O–H groups in total. The Balaban J connectivity index is 1.56. The molecule has 1 aliphatic heterocycles. The van der Waals surface area contributed by atoms with Crippen molar-refractivity contribution in [2.45, 2.75) is 19.4 Å². The number of carbonyl (C=O) groups excluding carboxylic acids is 2. The first-order valence-corrected chi connectivity index (χ1v) is 11.0. The lowest BCUT2D eigenvalue weighted by Crippen LogP contribution is -2.44. The molecule has 0 fully saturated rings. The molecule has 3 amide bonds. The number of fused-ring (bicyclic) bond motifs is 1. The highest BCUT2D eigenvalue weighted by Gasteiger charge is 2.35. The molecule has 11 heteroatoms. The minimum atomic E-state index is -0.231. The largest absolute Gasteiger partial charge is 0.335 e. The molecule has 2 aliphatic rings. The fourth-order valence-corrected chi connectivity index (χ4v) is 4.10. The number of nitrogens with one attached hydrogen (secondary N) is 2. The number of urea groups is 1. The van der Waals surface area contributed by atoms with Crippen LogP contribution in [0, 0.1) is 0 Å². The van der Waals surface area contributed by atoms with Crippen molar-refractivity contribution in [1.29, 1.82) is 0 Å². The fourth-order valence-electron chi connectivity index (χ4n) is 3.89. The van der Waals surface area contributed by atoms with Gasteiger partial charge in [0.05, 0.1) is 17.9 Å². The molecule has 0 saturated carbocycles. The number of anilines is 5. The van der Waals surface area contributed by atoms with Gasteiger partial charge in [0.1, 0.15) is 0 Å². The lowest BCUT2D eigenvalue weighted by Gasteiger charge is -2.37. The highest BCUT2D eigenvalue weighted by Crippen LogP contribution is 2.37. The zero-order valence-electron chi connectivity index (χ0n) is 18.3. The summed E-state index contributed by atoms with van der Waals surface area (Å²) in [4.78, 5) is 36.8. The van der Waals surface area contributed by atoms with Gasteiger partial charge in [-0.3, -0.25) is 14.4 Å². The number of carbonyl (C=O) groups is 2. The Morgan fingerprint density at radius 1 is 1.18 bits per heavy atom. The molecule has 0 bridgehead atoms. The van der Waals surface area contributed by atoms with Crippen molar-refractivity contribution in [1.82, 2.24) is 24.6 Å². The zero-order chi connectivity index (χ0) is 23.7. The molecule has 0 saturated heterocycles.